The van der Waals surface area contributed by atoms with E-state index in [1.54, 1.807) is 0 Å². The largest absolute Gasteiger partial charge is 0.550 e. The van der Waals surface area contributed by atoms with E-state index in [1.807, 2.05) is 0 Å². The summed E-state index contributed by atoms with van der Waals surface area (Å²) in [6.45, 7) is 3.42. The average molecular weight is 390 g/mol. The number of aliphatic carboxylic acids is 1. The molecule has 0 radical (unpaired) electrons. The fraction of sp³-hybridized carbons (Fsp3) is 0.952. The third kappa shape index (κ3) is 13.2. The summed E-state index contributed by atoms with van der Waals surface area (Å²) in [7, 11) is 0. The van der Waals surface area contributed by atoms with Gasteiger partial charge in [0, 0.05) is 12.4 Å². The lowest BCUT2D eigenvalue weighted by Gasteiger charge is -2.42. The maximum atomic E-state index is 10.8. The van der Waals surface area contributed by atoms with E-state index < -0.39 is 12.2 Å². The summed E-state index contributed by atoms with van der Waals surface area (Å²) in [5.41, 5.74) is 0. The average Bonchev–Trinajstić information content (AvgIpc) is 2.63. The van der Waals surface area contributed by atoms with Crippen LogP contribution in [0.25, 0.3) is 0 Å². The van der Waals surface area contributed by atoms with Gasteiger partial charge in [-0.2, -0.15) is 0 Å². The van der Waals surface area contributed by atoms with E-state index in [0.717, 1.165) is 12.8 Å². The first-order valence-corrected chi connectivity index (χ1v) is 11.0. The van der Waals surface area contributed by atoms with Gasteiger partial charge < -0.3 is 25.2 Å². The summed E-state index contributed by atoms with van der Waals surface area (Å²) >= 11 is 0. The Morgan fingerprint density at radius 2 is 1.33 bits per heavy atom. The number of aliphatic hydroxyl groups is 3. The molecule has 0 bridgehead atoms. The van der Waals surface area contributed by atoms with Gasteiger partial charge in [0.15, 0.2) is 6.23 Å². The van der Waals surface area contributed by atoms with Crippen LogP contribution in [0.1, 0.15) is 90.4 Å². The van der Waals surface area contributed by atoms with Crippen molar-refractivity contribution in [2.75, 3.05) is 32.8 Å². The van der Waals surface area contributed by atoms with Gasteiger partial charge in [-0.1, -0.05) is 58.3 Å². The Balaban J connectivity index is 4.24. The molecule has 1 atom stereocenters. The van der Waals surface area contributed by atoms with Gasteiger partial charge in [-0.15, -0.1) is 0 Å². The Morgan fingerprint density at radius 3 is 1.81 bits per heavy atom. The smallest absolute Gasteiger partial charge is 0.190 e. The van der Waals surface area contributed by atoms with Crippen molar-refractivity contribution in [1.29, 1.82) is 0 Å². The van der Waals surface area contributed by atoms with Crippen LogP contribution in [0.4, 0.5) is 0 Å². The molecule has 0 aliphatic heterocycles. The van der Waals surface area contributed by atoms with Crippen molar-refractivity contribution in [1.82, 2.24) is 0 Å². The van der Waals surface area contributed by atoms with Crippen molar-refractivity contribution in [3.05, 3.63) is 0 Å². The molecule has 27 heavy (non-hydrogen) atoms. The summed E-state index contributed by atoms with van der Waals surface area (Å²) in [6, 6.07) is 0. The van der Waals surface area contributed by atoms with Crippen LogP contribution in [0.3, 0.4) is 0 Å². The summed E-state index contributed by atoms with van der Waals surface area (Å²) in [4.78, 5) is 10.6. The van der Waals surface area contributed by atoms with Crippen LogP contribution in [0, 0.1) is 0 Å². The molecule has 0 heterocycles. The number of quaternary nitrogens is 1. The van der Waals surface area contributed by atoms with Crippen molar-refractivity contribution in [2.24, 2.45) is 0 Å². The molecule has 0 rings (SSSR count). The van der Waals surface area contributed by atoms with Crippen LogP contribution in [0.5, 0.6) is 0 Å². The fourth-order valence-electron chi connectivity index (χ4n) is 3.79. The Kier molecular flexibility index (Phi) is 17.0. The predicted octanol–water partition coefficient (Wildman–Crippen LogP) is 1.95. The van der Waals surface area contributed by atoms with E-state index in [2.05, 4.69) is 6.92 Å². The molecule has 0 saturated heterocycles. The highest BCUT2D eigenvalue weighted by molar-refractivity contribution is 5.64. The van der Waals surface area contributed by atoms with Gasteiger partial charge in [0.05, 0.1) is 19.8 Å². The number of carbonyl (C=O) groups is 1. The van der Waals surface area contributed by atoms with Crippen molar-refractivity contribution in [3.8, 4) is 0 Å². The van der Waals surface area contributed by atoms with Gasteiger partial charge >= 0.3 is 0 Å². The third-order valence-electron chi connectivity index (χ3n) is 5.52. The molecule has 6 nitrogen and oxygen atoms in total. The Hall–Kier alpha value is -0.690. The predicted molar refractivity (Wildman–Crippen MR) is 106 cm³/mol. The number of hydrogen-bond donors (Lipinski definition) is 3. The summed E-state index contributed by atoms with van der Waals surface area (Å²) in [5, 5.41) is 40.2. The van der Waals surface area contributed by atoms with Crippen LogP contribution in [-0.4, -0.2) is 64.8 Å². The van der Waals surface area contributed by atoms with E-state index in [4.69, 9.17) is 0 Å². The molecule has 0 aliphatic rings. The zero-order valence-electron chi connectivity index (χ0n) is 17.4. The number of aliphatic hydroxyl groups excluding tert-OH is 3. The minimum absolute atomic E-state index is 0.00655. The van der Waals surface area contributed by atoms with Gasteiger partial charge in [0.25, 0.3) is 0 Å². The molecule has 1 unspecified atom stereocenters. The Labute approximate surface area is 165 Å². The first-order chi connectivity index (χ1) is 13.0. The van der Waals surface area contributed by atoms with E-state index in [0.29, 0.717) is 38.9 Å². The van der Waals surface area contributed by atoms with Crippen molar-refractivity contribution < 1.29 is 29.7 Å². The molecule has 0 aromatic rings. The molecule has 6 heteroatoms. The normalized spacial score (nSPS) is 13.0. The second kappa shape index (κ2) is 17.4. The van der Waals surface area contributed by atoms with Crippen LogP contribution >= 0.6 is 0 Å². The number of unbranched alkanes of at least 4 members (excludes halogenated alkanes) is 9. The first-order valence-electron chi connectivity index (χ1n) is 11.0. The van der Waals surface area contributed by atoms with E-state index in [9.17, 15) is 25.2 Å². The van der Waals surface area contributed by atoms with Gasteiger partial charge in [0.2, 0.25) is 0 Å². The molecule has 0 saturated carbocycles. The molecule has 0 amide bonds. The Morgan fingerprint density at radius 1 is 0.815 bits per heavy atom. The molecule has 162 valence electrons. The highest BCUT2D eigenvalue weighted by Gasteiger charge is 2.34. The third-order valence-corrected chi connectivity index (χ3v) is 5.52. The summed E-state index contributed by atoms with van der Waals surface area (Å²) < 4.78 is 0.247. The van der Waals surface area contributed by atoms with Gasteiger partial charge in [0.1, 0.15) is 13.1 Å². The molecule has 0 aliphatic carbocycles. The lowest BCUT2D eigenvalue weighted by atomic mass is 10.1. The SMILES string of the molecule is CCCCCCCCCCCC(O)[N+](CCO)(CCO)CCCCC(=O)[O-]. The lowest BCUT2D eigenvalue weighted by Crippen LogP contribution is -2.58. The quantitative estimate of drug-likeness (QED) is 0.168. The van der Waals surface area contributed by atoms with Crippen molar-refractivity contribution in [3.63, 3.8) is 0 Å². The number of carboxylic acid groups (broad SMARTS) is 1. The van der Waals surface area contributed by atoms with Crippen LogP contribution in [0.15, 0.2) is 0 Å². The van der Waals surface area contributed by atoms with E-state index in [1.165, 1.54) is 44.9 Å². The number of rotatable bonds is 20. The highest BCUT2D eigenvalue weighted by Crippen LogP contribution is 2.20. The molecular weight excluding hydrogens is 346 g/mol. The van der Waals surface area contributed by atoms with Gasteiger partial charge in [-0.25, -0.2) is 0 Å². The van der Waals surface area contributed by atoms with Crippen molar-refractivity contribution in [2.45, 2.75) is 96.6 Å². The van der Waals surface area contributed by atoms with Crippen LogP contribution in [0.2, 0.25) is 0 Å². The minimum atomic E-state index is -1.06. The molecule has 3 N–H and O–H groups in total. The second-order valence-corrected chi connectivity index (χ2v) is 7.76. The van der Waals surface area contributed by atoms with E-state index in [-0.39, 0.29) is 24.1 Å². The first kappa shape index (κ1) is 26.3. The van der Waals surface area contributed by atoms with Gasteiger partial charge in [-0.3, -0.25) is 4.48 Å². The standard InChI is InChI=1S/C21H43NO5/c1-2-3-4-5-6-7-8-9-10-13-20(25)22(16-18-23,17-19-24)15-12-11-14-21(26)27/h20,23-25H,2-19H2,1H3. The minimum Gasteiger partial charge on any atom is -0.550 e. The molecule has 0 aromatic carbocycles. The maximum Gasteiger partial charge on any atom is 0.190 e. The lowest BCUT2D eigenvalue weighted by molar-refractivity contribution is -0.972. The summed E-state index contributed by atoms with van der Waals surface area (Å²) in [6.07, 6.45) is 12.1. The fourth-order valence-corrected chi connectivity index (χ4v) is 3.79. The van der Waals surface area contributed by atoms with Crippen LogP contribution < -0.4 is 5.11 Å². The van der Waals surface area contributed by atoms with E-state index >= 15 is 0 Å². The topological polar surface area (TPSA) is 101 Å². The zero-order valence-corrected chi connectivity index (χ0v) is 17.4. The monoisotopic (exact) mass is 389 g/mol. The Bertz CT molecular complexity index is 345. The molecule has 0 aromatic heterocycles. The molecule has 0 spiro atoms. The number of hydrogen-bond acceptors (Lipinski definition) is 5. The number of carboxylic acids is 1. The molecular formula is C21H43NO5. The molecule has 0 fully saturated rings. The number of nitrogens with zero attached hydrogens (tertiary/aromatic N) is 1. The highest BCUT2D eigenvalue weighted by atomic mass is 16.4. The summed E-state index contributed by atoms with van der Waals surface area (Å²) in [5.74, 6) is -1.06. The second-order valence-electron chi connectivity index (χ2n) is 7.76. The zero-order chi connectivity index (χ0) is 20.4. The van der Waals surface area contributed by atoms with Crippen LogP contribution in [-0.2, 0) is 4.79 Å². The maximum absolute atomic E-state index is 10.8. The number of carbonyl (C=O) groups excluding carboxylic acids is 1. The van der Waals surface area contributed by atoms with Crippen molar-refractivity contribution >= 4 is 5.97 Å². The van der Waals surface area contributed by atoms with Gasteiger partial charge in [-0.05, 0) is 25.7 Å².